The molecule has 134 valence electrons. The van der Waals surface area contributed by atoms with Crippen LogP contribution in [0, 0.1) is 0 Å². The van der Waals surface area contributed by atoms with E-state index in [9.17, 15) is 9.59 Å². The smallest absolute Gasteiger partial charge is 0.240 e. The Morgan fingerprint density at radius 1 is 1.36 bits per heavy atom. The summed E-state index contributed by atoms with van der Waals surface area (Å²) in [6, 6.07) is 7.01. The van der Waals surface area contributed by atoms with E-state index in [1.165, 1.54) is 11.8 Å². The molecule has 0 spiro atoms. The van der Waals surface area contributed by atoms with E-state index in [-0.39, 0.29) is 18.2 Å². The fourth-order valence-electron chi connectivity index (χ4n) is 2.18. The second kappa shape index (κ2) is 9.22. The number of ether oxygens (including phenoxy) is 1. The molecule has 0 radical (unpaired) electrons. The van der Waals surface area contributed by atoms with Crippen molar-refractivity contribution < 1.29 is 14.3 Å². The van der Waals surface area contributed by atoms with Crippen molar-refractivity contribution in [2.75, 3.05) is 12.4 Å². The maximum absolute atomic E-state index is 12.1. The highest BCUT2D eigenvalue weighted by Gasteiger charge is 2.32. The summed E-state index contributed by atoms with van der Waals surface area (Å²) < 4.78 is 5.07. The first-order chi connectivity index (χ1) is 12.0. The number of thioether (sulfide) groups is 1. The van der Waals surface area contributed by atoms with Gasteiger partial charge in [-0.3, -0.25) is 9.59 Å². The topological polar surface area (TPSA) is 92.2 Å². The maximum Gasteiger partial charge on any atom is 0.240 e. The van der Waals surface area contributed by atoms with Gasteiger partial charge in [0.2, 0.25) is 11.8 Å². The minimum Gasteiger partial charge on any atom is -0.497 e. The molecule has 1 aliphatic rings. The molecule has 1 heterocycles. The lowest BCUT2D eigenvalue weighted by Crippen LogP contribution is -2.28. The predicted octanol–water partition coefficient (Wildman–Crippen LogP) is 2.79. The Morgan fingerprint density at radius 2 is 2.08 bits per heavy atom. The maximum atomic E-state index is 12.1. The number of hydrogen-bond donors (Lipinski definition) is 2. The van der Waals surface area contributed by atoms with E-state index in [0.29, 0.717) is 16.6 Å². The number of anilines is 1. The lowest BCUT2D eigenvalue weighted by molar-refractivity contribution is -0.122. The normalized spacial score (nSPS) is 19.0. The van der Waals surface area contributed by atoms with Crippen LogP contribution in [0.15, 0.2) is 34.5 Å². The second-order valence-electron chi connectivity index (χ2n) is 5.57. The molecule has 0 saturated carbocycles. The Kier molecular flexibility index (Phi) is 7.00. The number of carbonyl (C=O) groups is 2. The molecule has 1 aromatic rings. The summed E-state index contributed by atoms with van der Waals surface area (Å²) in [5.74, 6) is 0.255. The average Bonchev–Trinajstić information content (AvgIpc) is 2.93. The highest BCUT2D eigenvalue weighted by Crippen LogP contribution is 2.23. The van der Waals surface area contributed by atoms with Gasteiger partial charge in [0.1, 0.15) is 11.0 Å². The van der Waals surface area contributed by atoms with E-state index >= 15 is 0 Å². The van der Waals surface area contributed by atoms with Gasteiger partial charge in [0.25, 0.3) is 0 Å². The van der Waals surface area contributed by atoms with E-state index in [1.807, 2.05) is 6.92 Å². The first kappa shape index (κ1) is 19.0. The van der Waals surface area contributed by atoms with Crippen LogP contribution in [0.5, 0.6) is 5.75 Å². The van der Waals surface area contributed by atoms with Gasteiger partial charge in [0.05, 0.1) is 7.11 Å². The quantitative estimate of drug-likeness (QED) is 0.576. The van der Waals surface area contributed by atoms with Crippen LogP contribution >= 0.6 is 11.8 Å². The molecule has 7 nitrogen and oxygen atoms in total. The molecule has 1 saturated heterocycles. The Morgan fingerprint density at radius 3 is 2.72 bits per heavy atom. The van der Waals surface area contributed by atoms with E-state index in [4.69, 9.17) is 4.74 Å². The Bertz CT molecular complexity index is 686. The largest absolute Gasteiger partial charge is 0.497 e. The van der Waals surface area contributed by atoms with Crippen molar-refractivity contribution in [2.45, 2.75) is 38.4 Å². The summed E-state index contributed by atoms with van der Waals surface area (Å²) in [5, 5.41) is 13.5. The summed E-state index contributed by atoms with van der Waals surface area (Å²) in [6.45, 7) is 3.96. The zero-order chi connectivity index (χ0) is 18.2. The van der Waals surface area contributed by atoms with Crippen LogP contribution in [-0.4, -0.2) is 35.1 Å². The van der Waals surface area contributed by atoms with Gasteiger partial charge >= 0.3 is 0 Å². The van der Waals surface area contributed by atoms with Crippen molar-refractivity contribution in [1.82, 2.24) is 5.32 Å². The Hall–Kier alpha value is -2.35. The minimum absolute atomic E-state index is 0.0687. The summed E-state index contributed by atoms with van der Waals surface area (Å²) in [5.41, 5.74) is 1.56. The SMILES string of the molecule is CCC/C(C)=N/N=C1/NC(=O)C(CC(=O)Nc2ccc(OC)cc2)S1. The minimum atomic E-state index is -0.501. The number of nitrogens with one attached hydrogen (secondary N) is 2. The number of methoxy groups -OCH3 is 1. The molecule has 1 aliphatic heterocycles. The third kappa shape index (κ3) is 5.90. The molecule has 8 heteroatoms. The molecule has 1 unspecified atom stereocenters. The van der Waals surface area contributed by atoms with Crippen molar-refractivity contribution in [2.24, 2.45) is 10.2 Å². The summed E-state index contributed by atoms with van der Waals surface area (Å²) in [4.78, 5) is 24.1. The number of benzene rings is 1. The van der Waals surface area contributed by atoms with E-state index < -0.39 is 5.25 Å². The summed E-state index contributed by atoms with van der Waals surface area (Å²) >= 11 is 1.23. The van der Waals surface area contributed by atoms with E-state index in [1.54, 1.807) is 31.4 Å². The van der Waals surface area contributed by atoms with Crippen LogP contribution in [0.25, 0.3) is 0 Å². The lowest BCUT2D eigenvalue weighted by Gasteiger charge is -2.08. The fraction of sp³-hybridized carbons (Fsp3) is 0.412. The summed E-state index contributed by atoms with van der Waals surface area (Å²) in [7, 11) is 1.58. The zero-order valence-electron chi connectivity index (χ0n) is 14.5. The molecule has 1 aromatic carbocycles. The number of hydrogen-bond acceptors (Lipinski definition) is 6. The van der Waals surface area contributed by atoms with Gasteiger partial charge in [0.15, 0.2) is 5.17 Å². The van der Waals surface area contributed by atoms with Crippen LogP contribution in [-0.2, 0) is 9.59 Å². The molecule has 2 rings (SSSR count). The monoisotopic (exact) mass is 362 g/mol. The average molecular weight is 362 g/mol. The standard InChI is InChI=1S/C17H22N4O3S/c1-4-5-11(2)20-21-17-19-16(23)14(25-17)10-15(22)18-12-6-8-13(24-3)9-7-12/h6-9,14H,4-5,10H2,1-3H3,(H,18,22)(H,19,21,23)/b20-11+. The van der Waals surface area contributed by atoms with Gasteiger partial charge in [0, 0.05) is 17.8 Å². The van der Waals surface area contributed by atoms with Crippen molar-refractivity contribution in [1.29, 1.82) is 0 Å². The number of carbonyl (C=O) groups excluding carboxylic acids is 2. The van der Waals surface area contributed by atoms with Gasteiger partial charge in [-0.05, 0) is 37.6 Å². The van der Waals surface area contributed by atoms with Crippen molar-refractivity contribution in [3.05, 3.63) is 24.3 Å². The van der Waals surface area contributed by atoms with E-state index in [2.05, 4.69) is 27.8 Å². The third-order valence-corrected chi connectivity index (χ3v) is 4.52. The predicted molar refractivity (Wildman–Crippen MR) is 101 cm³/mol. The van der Waals surface area contributed by atoms with Crippen molar-refractivity contribution in [3.8, 4) is 5.75 Å². The zero-order valence-corrected chi connectivity index (χ0v) is 15.4. The van der Waals surface area contributed by atoms with Gasteiger partial charge in [-0.2, -0.15) is 5.10 Å². The molecule has 0 aromatic heterocycles. The molecule has 25 heavy (non-hydrogen) atoms. The van der Waals surface area contributed by atoms with Crippen LogP contribution in [0.1, 0.15) is 33.1 Å². The van der Waals surface area contributed by atoms with Crippen molar-refractivity contribution >= 4 is 40.1 Å². The van der Waals surface area contributed by atoms with Crippen LogP contribution in [0.2, 0.25) is 0 Å². The number of nitrogens with zero attached hydrogens (tertiary/aromatic N) is 2. The Balaban J connectivity index is 1.89. The van der Waals surface area contributed by atoms with Crippen LogP contribution in [0.4, 0.5) is 5.69 Å². The van der Waals surface area contributed by atoms with Gasteiger partial charge in [-0.25, -0.2) is 0 Å². The molecule has 1 fully saturated rings. The van der Waals surface area contributed by atoms with E-state index in [0.717, 1.165) is 18.6 Å². The third-order valence-electron chi connectivity index (χ3n) is 3.44. The van der Waals surface area contributed by atoms with Crippen LogP contribution in [0.3, 0.4) is 0 Å². The van der Waals surface area contributed by atoms with Gasteiger partial charge < -0.3 is 15.4 Å². The molecule has 0 bridgehead atoms. The fourth-order valence-corrected chi connectivity index (χ4v) is 3.10. The molecule has 2 N–H and O–H groups in total. The van der Waals surface area contributed by atoms with Crippen LogP contribution < -0.4 is 15.4 Å². The van der Waals surface area contributed by atoms with Crippen molar-refractivity contribution in [3.63, 3.8) is 0 Å². The number of rotatable bonds is 7. The second-order valence-corrected chi connectivity index (χ2v) is 6.76. The van der Waals surface area contributed by atoms with Gasteiger partial charge in [-0.1, -0.05) is 25.1 Å². The summed E-state index contributed by atoms with van der Waals surface area (Å²) in [6.07, 6.45) is 1.93. The highest BCUT2D eigenvalue weighted by molar-refractivity contribution is 8.15. The number of amidine groups is 1. The molecule has 0 aliphatic carbocycles. The first-order valence-corrected chi connectivity index (χ1v) is 8.92. The first-order valence-electron chi connectivity index (χ1n) is 8.04. The number of amides is 2. The lowest BCUT2D eigenvalue weighted by atomic mass is 10.2. The molecular weight excluding hydrogens is 340 g/mol. The molecular formula is C17H22N4O3S. The molecule has 2 amide bonds. The Labute approximate surface area is 151 Å². The highest BCUT2D eigenvalue weighted by atomic mass is 32.2. The molecule has 1 atom stereocenters. The van der Waals surface area contributed by atoms with Gasteiger partial charge in [-0.15, -0.1) is 5.10 Å².